The Hall–Kier alpha value is -3.72. The number of aryl methyl sites for hydroxylation is 1. The lowest BCUT2D eigenvalue weighted by molar-refractivity contribution is 0.101. The molecule has 0 radical (unpaired) electrons. The highest BCUT2D eigenvalue weighted by molar-refractivity contribution is 7.13. The number of anilines is 2. The monoisotopic (exact) mass is 392 g/mol. The van der Waals surface area contributed by atoms with Crippen molar-refractivity contribution >= 4 is 34.5 Å². The van der Waals surface area contributed by atoms with Gasteiger partial charge in [0.15, 0.2) is 11.4 Å². The summed E-state index contributed by atoms with van der Waals surface area (Å²) in [5.41, 5.74) is 2.64. The van der Waals surface area contributed by atoms with Crippen LogP contribution in [0.3, 0.4) is 0 Å². The number of thiophene rings is 1. The number of carbonyl (C=O) groups excluding carboxylic acids is 2. The minimum atomic E-state index is -0.315. The summed E-state index contributed by atoms with van der Waals surface area (Å²) < 4.78 is 1.56. The van der Waals surface area contributed by atoms with Crippen molar-refractivity contribution in [1.29, 1.82) is 0 Å². The van der Waals surface area contributed by atoms with E-state index in [9.17, 15) is 9.59 Å². The lowest BCUT2D eigenvalue weighted by Gasteiger charge is -2.06. The summed E-state index contributed by atoms with van der Waals surface area (Å²) in [6.45, 7) is 0. The molecule has 3 N–H and O–H groups in total. The molecule has 0 fully saturated rings. The van der Waals surface area contributed by atoms with E-state index >= 15 is 0 Å². The van der Waals surface area contributed by atoms with Gasteiger partial charge in [-0.15, -0.1) is 11.3 Å². The van der Waals surface area contributed by atoms with Crippen molar-refractivity contribution in [3.63, 3.8) is 0 Å². The van der Waals surface area contributed by atoms with E-state index < -0.39 is 0 Å². The van der Waals surface area contributed by atoms with E-state index in [0.29, 0.717) is 22.8 Å². The van der Waals surface area contributed by atoms with Crippen LogP contribution in [0.5, 0.6) is 0 Å². The van der Waals surface area contributed by atoms with Crippen LogP contribution >= 0.6 is 11.3 Å². The number of H-pyrrole nitrogens is 1. The Morgan fingerprint density at radius 2 is 1.68 bits per heavy atom. The van der Waals surface area contributed by atoms with Crippen LogP contribution in [0.25, 0.3) is 10.6 Å². The van der Waals surface area contributed by atoms with Gasteiger partial charge in [-0.25, -0.2) is 0 Å². The quantitative estimate of drug-likeness (QED) is 0.484. The van der Waals surface area contributed by atoms with Gasteiger partial charge in [0, 0.05) is 24.6 Å². The van der Waals surface area contributed by atoms with Gasteiger partial charge in [0.05, 0.1) is 10.6 Å². The summed E-state index contributed by atoms with van der Waals surface area (Å²) in [6.07, 6.45) is 1.70. The molecule has 1 aromatic carbocycles. The highest BCUT2D eigenvalue weighted by Gasteiger charge is 2.13. The van der Waals surface area contributed by atoms with E-state index in [1.54, 1.807) is 65.7 Å². The smallest absolute Gasteiger partial charge is 0.276 e. The zero-order valence-corrected chi connectivity index (χ0v) is 15.7. The van der Waals surface area contributed by atoms with E-state index in [4.69, 9.17) is 0 Å². The van der Waals surface area contributed by atoms with E-state index in [0.717, 1.165) is 10.6 Å². The Kier molecular flexibility index (Phi) is 4.73. The fourth-order valence-corrected chi connectivity index (χ4v) is 3.25. The van der Waals surface area contributed by atoms with Crippen molar-refractivity contribution in [1.82, 2.24) is 20.0 Å². The second-order valence-electron chi connectivity index (χ2n) is 6.00. The third-order valence-electron chi connectivity index (χ3n) is 3.94. The molecular formula is C19H16N6O2S. The molecule has 9 heteroatoms. The molecule has 0 atom stereocenters. The van der Waals surface area contributed by atoms with E-state index in [-0.39, 0.29) is 11.8 Å². The molecule has 3 aromatic heterocycles. The third kappa shape index (κ3) is 3.84. The molecule has 4 rings (SSSR count). The van der Waals surface area contributed by atoms with Crippen molar-refractivity contribution in [3.8, 4) is 10.6 Å². The second kappa shape index (κ2) is 7.49. The predicted octanol–water partition coefficient (Wildman–Crippen LogP) is 3.38. The molecule has 2 amide bonds. The highest BCUT2D eigenvalue weighted by atomic mass is 32.1. The molecule has 0 saturated carbocycles. The van der Waals surface area contributed by atoms with E-state index in [2.05, 4.69) is 25.9 Å². The summed E-state index contributed by atoms with van der Waals surface area (Å²) in [5, 5.41) is 18.5. The number of hydrogen-bond donors (Lipinski definition) is 3. The minimum absolute atomic E-state index is 0.296. The fraction of sp³-hybridized carbons (Fsp3) is 0.0526. The first-order valence-electron chi connectivity index (χ1n) is 8.40. The molecule has 0 spiro atoms. The number of amides is 2. The van der Waals surface area contributed by atoms with Crippen molar-refractivity contribution in [3.05, 3.63) is 71.5 Å². The molecule has 0 aliphatic heterocycles. The largest absolute Gasteiger partial charge is 0.321 e. The first-order chi connectivity index (χ1) is 13.6. The summed E-state index contributed by atoms with van der Waals surface area (Å²) in [6, 6.07) is 14.1. The number of aromatic amines is 1. The molecule has 0 saturated heterocycles. The molecule has 28 heavy (non-hydrogen) atoms. The summed E-state index contributed by atoms with van der Waals surface area (Å²) >= 11 is 1.57. The number of aromatic nitrogens is 4. The number of benzene rings is 1. The maximum absolute atomic E-state index is 12.4. The normalized spacial score (nSPS) is 10.6. The molecule has 140 valence electrons. The number of rotatable bonds is 5. The van der Waals surface area contributed by atoms with Crippen LogP contribution in [0.4, 0.5) is 11.4 Å². The zero-order valence-electron chi connectivity index (χ0n) is 14.8. The Balaban J connectivity index is 1.39. The maximum Gasteiger partial charge on any atom is 0.276 e. The van der Waals surface area contributed by atoms with Crippen molar-refractivity contribution in [2.75, 3.05) is 10.6 Å². The van der Waals surface area contributed by atoms with Gasteiger partial charge in [0.1, 0.15) is 0 Å². The number of nitrogens with zero attached hydrogens (tertiary/aromatic N) is 3. The van der Waals surface area contributed by atoms with Crippen LogP contribution in [-0.2, 0) is 7.05 Å². The summed E-state index contributed by atoms with van der Waals surface area (Å²) in [4.78, 5) is 25.5. The van der Waals surface area contributed by atoms with Crippen molar-refractivity contribution in [2.24, 2.45) is 7.05 Å². The molecular weight excluding hydrogens is 376 g/mol. The Labute approximate surface area is 164 Å². The van der Waals surface area contributed by atoms with Gasteiger partial charge in [-0.1, -0.05) is 6.07 Å². The van der Waals surface area contributed by atoms with Crippen LogP contribution in [0.2, 0.25) is 0 Å². The van der Waals surface area contributed by atoms with Gasteiger partial charge in [-0.3, -0.25) is 19.4 Å². The third-order valence-corrected chi connectivity index (χ3v) is 4.85. The van der Waals surface area contributed by atoms with Gasteiger partial charge in [0.2, 0.25) is 0 Å². The zero-order chi connectivity index (χ0) is 19.5. The van der Waals surface area contributed by atoms with Crippen LogP contribution in [0.15, 0.2) is 60.1 Å². The Bertz CT molecular complexity index is 1110. The van der Waals surface area contributed by atoms with Crippen LogP contribution in [-0.4, -0.2) is 31.8 Å². The van der Waals surface area contributed by atoms with Crippen LogP contribution in [0.1, 0.15) is 21.0 Å². The second-order valence-corrected chi connectivity index (χ2v) is 6.95. The van der Waals surface area contributed by atoms with Crippen LogP contribution in [0, 0.1) is 0 Å². The Morgan fingerprint density at radius 3 is 2.25 bits per heavy atom. The Morgan fingerprint density at radius 1 is 1.00 bits per heavy atom. The van der Waals surface area contributed by atoms with E-state index in [1.807, 2.05) is 17.5 Å². The van der Waals surface area contributed by atoms with E-state index in [1.165, 1.54) is 0 Å². The van der Waals surface area contributed by atoms with Gasteiger partial charge in [-0.05, 0) is 47.8 Å². The average Bonchev–Trinajstić information content (AvgIpc) is 3.44. The molecule has 3 heterocycles. The molecule has 4 aromatic rings. The first-order valence-corrected chi connectivity index (χ1v) is 9.28. The number of carbonyl (C=O) groups is 2. The van der Waals surface area contributed by atoms with Gasteiger partial charge in [-0.2, -0.15) is 10.2 Å². The highest BCUT2D eigenvalue weighted by Crippen LogP contribution is 2.23. The van der Waals surface area contributed by atoms with Gasteiger partial charge in [0.25, 0.3) is 11.8 Å². The molecule has 0 bridgehead atoms. The molecule has 0 aliphatic carbocycles. The predicted molar refractivity (Wildman–Crippen MR) is 107 cm³/mol. The summed E-state index contributed by atoms with van der Waals surface area (Å²) in [5.74, 6) is -0.612. The topological polar surface area (TPSA) is 105 Å². The van der Waals surface area contributed by atoms with Gasteiger partial charge >= 0.3 is 0 Å². The van der Waals surface area contributed by atoms with Gasteiger partial charge < -0.3 is 10.6 Å². The number of hydrogen-bond acceptors (Lipinski definition) is 5. The SMILES string of the molecule is Cn1ccc(C(=O)Nc2ccc(NC(=O)c3cc(-c4cccs4)[nH]n3)cc2)n1. The van der Waals surface area contributed by atoms with Crippen molar-refractivity contribution in [2.45, 2.75) is 0 Å². The first kappa shape index (κ1) is 17.7. The standard InChI is InChI=1S/C19H16N6O2S/c1-25-9-8-14(24-25)18(26)20-12-4-6-13(7-5-12)21-19(27)16-11-15(22-23-16)17-3-2-10-28-17/h2-11H,1H3,(H,20,26)(H,21,27)(H,22,23). The summed E-state index contributed by atoms with van der Waals surface area (Å²) in [7, 11) is 1.75. The fourth-order valence-electron chi connectivity index (χ4n) is 2.56. The molecule has 8 nitrogen and oxygen atoms in total. The molecule has 0 unspecified atom stereocenters. The number of nitrogens with one attached hydrogen (secondary N) is 3. The lowest BCUT2D eigenvalue weighted by Crippen LogP contribution is -2.14. The lowest BCUT2D eigenvalue weighted by atomic mass is 10.2. The van der Waals surface area contributed by atoms with Crippen molar-refractivity contribution < 1.29 is 9.59 Å². The van der Waals surface area contributed by atoms with Crippen LogP contribution < -0.4 is 10.6 Å². The average molecular weight is 392 g/mol. The minimum Gasteiger partial charge on any atom is -0.321 e. The maximum atomic E-state index is 12.4. The molecule has 0 aliphatic rings.